The molecule has 2 atom stereocenters. The van der Waals surface area contributed by atoms with Crippen molar-refractivity contribution in [3.63, 3.8) is 0 Å². The normalized spacial score (nSPS) is 20.2. The van der Waals surface area contributed by atoms with Gasteiger partial charge >= 0.3 is 0 Å². The molecule has 2 aromatic rings. The van der Waals surface area contributed by atoms with Gasteiger partial charge in [0.15, 0.2) is 11.5 Å². The molecule has 25 heavy (non-hydrogen) atoms. The number of benzene rings is 2. The van der Waals surface area contributed by atoms with Crippen molar-refractivity contribution in [2.45, 2.75) is 25.0 Å². The number of rotatable bonds is 4. The molecule has 2 aliphatic rings. The lowest BCUT2D eigenvalue weighted by atomic mass is 9.87. The van der Waals surface area contributed by atoms with E-state index >= 15 is 0 Å². The van der Waals surface area contributed by atoms with Crippen molar-refractivity contribution in [3.8, 4) is 17.2 Å². The highest BCUT2D eigenvalue weighted by molar-refractivity contribution is 5.61. The second-order valence-electron chi connectivity index (χ2n) is 6.62. The predicted molar refractivity (Wildman–Crippen MR) is 94.2 cm³/mol. The van der Waals surface area contributed by atoms with Crippen molar-refractivity contribution >= 4 is 0 Å². The Morgan fingerprint density at radius 2 is 2.08 bits per heavy atom. The SMILES string of the molecule is COc1c2c(cc3c1[C@@H](C[C@@H](O)c1ccccc1)N(C)CC3)OCO2. The van der Waals surface area contributed by atoms with E-state index in [9.17, 15) is 5.11 Å². The Bertz CT molecular complexity index is 762. The molecule has 0 fully saturated rings. The molecule has 0 radical (unpaired) electrons. The summed E-state index contributed by atoms with van der Waals surface area (Å²) in [5.41, 5.74) is 3.25. The van der Waals surface area contributed by atoms with Crippen molar-refractivity contribution in [1.82, 2.24) is 4.90 Å². The topological polar surface area (TPSA) is 51.2 Å². The molecule has 2 aliphatic heterocycles. The first-order valence-electron chi connectivity index (χ1n) is 8.61. The van der Waals surface area contributed by atoms with Gasteiger partial charge < -0.3 is 19.3 Å². The van der Waals surface area contributed by atoms with Crippen molar-refractivity contribution in [1.29, 1.82) is 0 Å². The first kappa shape index (κ1) is 16.2. The van der Waals surface area contributed by atoms with E-state index in [1.165, 1.54) is 5.56 Å². The first-order valence-corrected chi connectivity index (χ1v) is 8.61. The molecular formula is C20H23NO4. The Labute approximate surface area is 147 Å². The van der Waals surface area contributed by atoms with Gasteiger partial charge in [0.05, 0.1) is 13.2 Å². The van der Waals surface area contributed by atoms with Gasteiger partial charge in [-0.15, -0.1) is 0 Å². The zero-order valence-corrected chi connectivity index (χ0v) is 14.6. The van der Waals surface area contributed by atoms with Crippen LogP contribution in [0.5, 0.6) is 17.2 Å². The smallest absolute Gasteiger partial charge is 0.231 e. The third-order valence-electron chi connectivity index (χ3n) is 5.18. The second kappa shape index (κ2) is 6.58. The van der Waals surface area contributed by atoms with Crippen LogP contribution in [0, 0.1) is 0 Å². The van der Waals surface area contributed by atoms with E-state index in [0.717, 1.165) is 35.6 Å². The van der Waals surface area contributed by atoms with E-state index in [0.29, 0.717) is 12.2 Å². The number of hydrogen-bond donors (Lipinski definition) is 1. The van der Waals surface area contributed by atoms with Crippen LogP contribution in [0.3, 0.4) is 0 Å². The molecule has 1 N–H and O–H groups in total. The van der Waals surface area contributed by atoms with E-state index in [4.69, 9.17) is 14.2 Å². The summed E-state index contributed by atoms with van der Waals surface area (Å²) in [7, 11) is 3.76. The maximum atomic E-state index is 10.7. The van der Waals surface area contributed by atoms with Gasteiger partial charge in [0, 0.05) is 18.2 Å². The van der Waals surface area contributed by atoms with Crippen LogP contribution in [0.25, 0.3) is 0 Å². The molecule has 5 nitrogen and oxygen atoms in total. The molecule has 0 saturated heterocycles. The lowest BCUT2D eigenvalue weighted by Crippen LogP contribution is -2.33. The summed E-state index contributed by atoms with van der Waals surface area (Å²) in [5, 5.41) is 10.7. The Hall–Kier alpha value is -2.24. The van der Waals surface area contributed by atoms with Crippen molar-refractivity contribution in [3.05, 3.63) is 53.1 Å². The van der Waals surface area contributed by atoms with Crippen LogP contribution >= 0.6 is 0 Å². The van der Waals surface area contributed by atoms with Gasteiger partial charge in [0.25, 0.3) is 0 Å². The first-order chi connectivity index (χ1) is 12.2. The molecular weight excluding hydrogens is 318 g/mol. The van der Waals surface area contributed by atoms with Crippen molar-refractivity contribution in [2.24, 2.45) is 0 Å². The number of nitrogens with zero attached hydrogens (tertiary/aromatic N) is 1. The standard InChI is InChI=1S/C20H23NO4/c1-21-9-8-14-10-17-19(25-12-24-17)20(23-2)18(14)15(21)11-16(22)13-6-4-3-5-7-13/h3-7,10,15-16,22H,8-9,11-12H2,1-2H3/t15-,16-/m1/s1. The quantitative estimate of drug-likeness (QED) is 0.926. The number of hydrogen-bond acceptors (Lipinski definition) is 5. The molecule has 2 aromatic carbocycles. The van der Waals surface area contributed by atoms with Crippen LogP contribution in [0.2, 0.25) is 0 Å². The Morgan fingerprint density at radius 3 is 2.84 bits per heavy atom. The van der Waals surface area contributed by atoms with Gasteiger partial charge in [0.1, 0.15) is 0 Å². The molecule has 2 heterocycles. The molecule has 0 amide bonds. The third-order valence-corrected chi connectivity index (χ3v) is 5.18. The molecule has 0 saturated carbocycles. The van der Waals surface area contributed by atoms with Gasteiger partial charge in [-0.1, -0.05) is 30.3 Å². The number of aliphatic hydroxyl groups excluding tert-OH is 1. The van der Waals surface area contributed by atoms with Gasteiger partial charge in [-0.3, -0.25) is 4.90 Å². The summed E-state index contributed by atoms with van der Waals surface area (Å²) in [6, 6.07) is 11.9. The minimum absolute atomic E-state index is 0.0587. The fraction of sp³-hybridized carbons (Fsp3) is 0.400. The minimum Gasteiger partial charge on any atom is -0.492 e. The summed E-state index contributed by atoms with van der Waals surface area (Å²) in [5.74, 6) is 2.17. The van der Waals surface area contributed by atoms with Crippen LogP contribution in [-0.2, 0) is 6.42 Å². The van der Waals surface area contributed by atoms with E-state index in [1.807, 2.05) is 30.3 Å². The lowest BCUT2D eigenvalue weighted by molar-refractivity contribution is 0.107. The highest BCUT2D eigenvalue weighted by Crippen LogP contribution is 2.50. The molecule has 0 spiro atoms. The number of likely N-dealkylation sites (N-methyl/N-ethyl adjacent to an activating group) is 1. The average molecular weight is 341 g/mol. The minimum atomic E-state index is -0.533. The third kappa shape index (κ3) is 2.83. The number of ether oxygens (including phenoxy) is 3. The van der Waals surface area contributed by atoms with Crippen LogP contribution < -0.4 is 14.2 Å². The van der Waals surface area contributed by atoms with Gasteiger partial charge in [-0.25, -0.2) is 0 Å². The molecule has 0 aromatic heterocycles. The van der Waals surface area contributed by atoms with Crippen LogP contribution in [0.15, 0.2) is 36.4 Å². The maximum Gasteiger partial charge on any atom is 0.231 e. The van der Waals surface area contributed by atoms with E-state index in [1.54, 1.807) is 7.11 Å². The maximum absolute atomic E-state index is 10.7. The Balaban J connectivity index is 1.72. The molecule has 0 unspecified atom stereocenters. The van der Waals surface area contributed by atoms with Gasteiger partial charge in [-0.05, 0) is 37.1 Å². The summed E-state index contributed by atoms with van der Waals surface area (Å²) in [4.78, 5) is 2.28. The fourth-order valence-corrected chi connectivity index (χ4v) is 3.85. The molecule has 132 valence electrons. The molecule has 0 bridgehead atoms. The largest absolute Gasteiger partial charge is 0.492 e. The second-order valence-corrected chi connectivity index (χ2v) is 6.62. The lowest BCUT2D eigenvalue weighted by Gasteiger charge is -2.37. The molecule has 4 rings (SSSR count). The number of fused-ring (bicyclic) bond motifs is 2. The van der Waals surface area contributed by atoms with Crippen LogP contribution in [-0.4, -0.2) is 37.5 Å². The highest BCUT2D eigenvalue weighted by Gasteiger charge is 2.35. The number of aliphatic hydroxyl groups is 1. The molecule has 0 aliphatic carbocycles. The summed E-state index contributed by atoms with van der Waals surface area (Å²) in [6.07, 6.45) is 0.995. The zero-order valence-electron chi connectivity index (χ0n) is 14.6. The van der Waals surface area contributed by atoms with Crippen molar-refractivity contribution < 1.29 is 19.3 Å². The zero-order chi connectivity index (χ0) is 17.4. The van der Waals surface area contributed by atoms with Crippen LogP contribution in [0.1, 0.15) is 35.3 Å². The summed E-state index contributed by atoms with van der Waals surface area (Å²) < 4.78 is 16.9. The van der Waals surface area contributed by atoms with E-state index in [-0.39, 0.29) is 12.8 Å². The van der Waals surface area contributed by atoms with Gasteiger partial charge in [-0.2, -0.15) is 0 Å². The Morgan fingerprint density at radius 1 is 1.28 bits per heavy atom. The van der Waals surface area contributed by atoms with Crippen molar-refractivity contribution in [2.75, 3.05) is 27.5 Å². The average Bonchev–Trinajstić information content (AvgIpc) is 3.11. The molecule has 5 heteroatoms. The summed E-state index contributed by atoms with van der Waals surface area (Å²) in [6.45, 7) is 1.16. The fourth-order valence-electron chi connectivity index (χ4n) is 3.85. The monoisotopic (exact) mass is 341 g/mol. The predicted octanol–water partition coefficient (Wildman–Crippen LogP) is 3.08. The Kier molecular flexibility index (Phi) is 4.27. The summed E-state index contributed by atoms with van der Waals surface area (Å²) >= 11 is 0. The van der Waals surface area contributed by atoms with Crippen LogP contribution in [0.4, 0.5) is 0 Å². The highest BCUT2D eigenvalue weighted by atomic mass is 16.7. The van der Waals surface area contributed by atoms with E-state index in [2.05, 4.69) is 18.0 Å². The number of methoxy groups -OCH3 is 1. The van der Waals surface area contributed by atoms with E-state index < -0.39 is 6.10 Å². The van der Waals surface area contributed by atoms with Gasteiger partial charge in [0.2, 0.25) is 12.5 Å².